The summed E-state index contributed by atoms with van der Waals surface area (Å²) >= 11 is 0. The number of carbonyl (C=O) groups excluding carboxylic acids is 3. The van der Waals surface area contributed by atoms with Gasteiger partial charge in [-0.2, -0.15) is 0 Å². The van der Waals surface area contributed by atoms with Gasteiger partial charge in [-0.25, -0.2) is 0 Å². The molecule has 3 amide bonds. The van der Waals surface area contributed by atoms with Crippen molar-refractivity contribution >= 4 is 35.1 Å². The van der Waals surface area contributed by atoms with Gasteiger partial charge in [-0.3, -0.25) is 19.2 Å². The summed E-state index contributed by atoms with van der Waals surface area (Å²) < 4.78 is 0. The van der Waals surface area contributed by atoms with E-state index in [0.29, 0.717) is 30.8 Å². The highest BCUT2D eigenvalue weighted by Gasteiger charge is 2.39. The molecule has 8 nitrogen and oxygen atoms in total. The molecule has 0 saturated carbocycles. The Kier molecular flexibility index (Phi) is 5.43. The van der Waals surface area contributed by atoms with E-state index >= 15 is 0 Å². The maximum atomic E-state index is 12.8. The van der Waals surface area contributed by atoms with E-state index < -0.39 is 17.8 Å². The van der Waals surface area contributed by atoms with Gasteiger partial charge in [0.2, 0.25) is 17.7 Å². The number of nitrogens with zero attached hydrogens (tertiary/aromatic N) is 2. The average Bonchev–Trinajstić information content (AvgIpc) is 3.03. The van der Waals surface area contributed by atoms with Crippen LogP contribution in [0.15, 0.2) is 24.3 Å². The Morgan fingerprint density at radius 1 is 1.11 bits per heavy atom. The van der Waals surface area contributed by atoms with E-state index in [0.717, 1.165) is 0 Å². The molecule has 8 heteroatoms. The Morgan fingerprint density at radius 2 is 1.81 bits per heavy atom. The number of hydrogen-bond acceptors (Lipinski definition) is 4. The first kappa shape index (κ1) is 18.9. The molecule has 0 spiro atoms. The van der Waals surface area contributed by atoms with Crippen molar-refractivity contribution in [2.45, 2.75) is 26.2 Å². The molecule has 1 aromatic rings. The van der Waals surface area contributed by atoms with Crippen LogP contribution in [0.25, 0.3) is 0 Å². The second kappa shape index (κ2) is 7.77. The number of benzene rings is 1. The minimum absolute atomic E-state index is 0.126. The molecule has 0 unspecified atom stereocenters. The third-order valence-corrected chi connectivity index (χ3v) is 5.06. The molecule has 27 heavy (non-hydrogen) atoms. The summed E-state index contributed by atoms with van der Waals surface area (Å²) in [6, 6.07) is 6.89. The molecule has 0 bridgehead atoms. The summed E-state index contributed by atoms with van der Waals surface area (Å²) in [5, 5.41) is 11.9. The van der Waals surface area contributed by atoms with Crippen LogP contribution in [0.3, 0.4) is 0 Å². The lowest BCUT2D eigenvalue weighted by molar-refractivity contribution is -0.147. The Hall–Kier alpha value is -2.90. The number of hydrogen-bond donors (Lipinski definition) is 2. The van der Waals surface area contributed by atoms with Crippen molar-refractivity contribution in [2.24, 2.45) is 11.8 Å². The molecule has 2 heterocycles. The largest absolute Gasteiger partial charge is 0.481 e. The number of amides is 3. The molecule has 2 fully saturated rings. The second-order valence-corrected chi connectivity index (χ2v) is 7.10. The third kappa shape index (κ3) is 4.27. The lowest BCUT2D eigenvalue weighted by Crippen LogP contribution is -2.45. The summed E-state index contributed by atoms with van der Waals surface area (Å²) in [6.45, 7) is 2.46. The highest BCUT2D eigenvalue weighted by atomic mass is 16.4. The average molecular weight is 373 g/mol. The van der Waals surface area contributed by atoms with Gasteiger partial charge in [-0.05, 0) is 37.1 Å². The lowest BCUT2D eigenvalue weighted by atomic mass is 9.96. The van der Waals surface area contributed by atoms with E-state index in [4.69, 9.17) is 0 Å². The fourth-order valence-corrected chi connectivity index (χ4v) is 3.69. The van der Waals surface area contributed by atoms with Crippen molar-refractivity contribution in [3.63, 3.8) is 0 Å². The minimum Gasteiger partial charge on any atom is -0.481 e. The minimum atomic E-state index is -0.879. The molecule has 2 atom stereocenters. The standard InChI is InChI=1S/C19H23N3O5/c1-12(23)20-15-4-6-16(7-5-15)22-11-14(9-17(22)24)18(25)21-8-2-3-13(10-21)19(26)27/h4-7,13-14H,2-3,8-11H2,1H3,(H,20,23)(H,26,27)/t13-,14+/m1/s1. The Morgan fingerprint density at radius 3 is 2.44 bits per heavy atom. The van der Waals surface area contributed by atoms with Crippen LogP contribution >= 0.6 is 0 Å². The predicted molar refractivity (Wildman–Crippen MR) is 98.1 cm³/mol. The first-order valence-corrected chi connectivity index (χ1v) is 9.04. The van der Waals surface area contributed by atoms with Crippen LogP contribution < -0.4 is 10.2 Å². The summed E-state index contributed by atoms with van der Waals surface area (Å²) in [5.41, 5.74) is 1.31. The molecule has 0 aromatic heterocycles. The van der Waals surface area contributed by atoms with E-state index in [1.54, 1.807) is 34.1 Å². The van der Waals surface area contributed by atoms with Crippen molar-refractivity contribution in [1.29, 1.82) is 0 Å². The molecule has 1 aromatic carbocycles. The van der Waals surface area contributed by atoms with Crippen molar-refractivity contribution in [3.05, 3.63) is 24.3 Å². The van der Waals surface area contributed by atoms with Crippen molar-refractivity contribution in [2.75, 3.05) is 29.9 Å². The van der Waals surface area contributed by atoms with Crippen LogP contribution in [-0.4, -0.2) is 53.3 Å². The Bertz CT molecular complexity index is 761. The van der Waals surface area contributed by atoms with Crippen molar-refractivity contribution < 1.29 is 24.3 Å². The first-order chi connectivity index (χ1) is 12.8. The molecule has 0 radical (unpaired) electrons. The van der Waals surface area contributed by atoms with E-state index in [-0.39, 0.29) is 37.2 Å². The number of aliphatic carboxylic acids is 1. The summed E-state index contributed by atoms with van der Waals surface area (Å²) in [7, 11) is 0. The highest BCUT2D eigenvalue weighted by molar-refractivity contribution is 6.00. The number of rotatable bonds is 4. The molecule has 0 aliphatic carbocycles. The van der Waals surface area contributed by atoms with Gasteiger partial charge in [0.05, 0.1) is 11.8 Å². The smallest absolute Gasteiger partial charge is 0.308 e. The number of piperidine rings is 1. The molecular weight excluding hydrogens is 350 g/mol. The van der Waals surface area contributed by atoms with E-state index in [9.17, 15) is 24.3 Å². The topological polar surface area (TPSA) is 107 Å². The van der Waals surface area contributed by atoms with Crippen LogP contribution in [0.2, 0.25) is 0 Å². The summed E-state index contributed by atoms with van der Waals surface area (Å²) in [6.07, 6.45) is 1.37. The molecular formula is C19H23N3O5. The number of carbonyl (C=O) groups is 4. The molecule has 3 rings (SSSR count). The zero-order valence-corrected chi connectivity index (χ0v) is 15.2. The number of nitrogens with one attached hydrogen (secondary N) is 1. The van der Waals surface area contributed by atoms with Crippen molar-refractivity contribution in [3.8, 4) is 0 Å². The summed E-state index contributed by atoms with van der Waals surface area (Å²) in [5.74, 6) is -2.32. The number of carboxylic acids is 1. The third-order valence-electron chi connectivity index (χ3n) is 5.06. The SMILES string of the molecule is CC(=O)Nc1ccc(N2C[C@@H](C(=O)N3CCC[C@@H](C(=O)O)C3)CC2=O)cc1. The zero-order valence-electron chi connectivity index (χ0n) is 15.2. The Labute approximate surface area is 157 Å². The van der Waals surface area contributed by atoms with Gasteiger partial charge in [0, 0.05) is 44.4 Å². The van der Waals surface area contributed by atoms with Gasteiger partial charge in [0.1, 0.15) is 0 Å². The van der Waals surface area contributed by atoms with Crippen LogP contribution in [0.5, 0.6) is 0 Å². The Balaban J connectivity index is 1.65. The molecule has 2 N–H and O–H groups in total. The van der Waals surface area contributed by atoms with Crippen molar-refractivity contribution in [1.82, 2.24) is 4.90 Å². The fourth-order valence-electron chi connectivity index (χ4n) is 3.69. The monoisotopic (exact) mass is 373 g/mol. The van der Waals surface area contributed by atoms with E-state index in [1.165, 1.54) is 6.92 Å². The maximum Gasteiger partial charge on any atom is 0.308 e. The van der Waals surface area contributed by atoms with E-state index in [1.807, 2.05) is 0 Å². The molecule has 144 valence electrons. The quantitative estimate of drug-likeness (QED) is 0.828. The molecule has 2 saturated heterocycles. The van der Waals surface area contributed by atoms with Crippen LogP contribution in [0, 0.1) is 11.8 Å². The van der Waals surface area contributed by atoms with Crippen LogP contribution in [0.1, 0.15) is 26.2 Å². The van der Waals surface area contributed by atoms with Crippen LogP contribution in [0.4, 0.5) is 11.4 Å². The van der Waals surface area contributed by atoms with Gasteiger partial charge < -0.3 is 20.2 Å². The fraction of sp³-hybridized carbons (Fsp3) is 0.474. The maximum absolute atomic E-state index is 12.8. The van der Waals surface area contributed by atoms with Gasteiger partial charge in [0.25, 0.3) is 0 Å². The summed E-state index contributed by atoms with van der Waals surface area (Å²) in [4.78, 5) is 50.6. The highest BCUT2D eigenvalue weighted by Crippen LogP contribution is 2.28. The second-order valence-electron chi connectivity index (χ2n) is 7.10. The zero-order chi connectivity index (χ0) is 19.6. The number of likely N-dealkylation sites (tertiary alicyclic amines) is 1. The normalized spacial score (nSPS) is 22.6. The number of carboxylic acid groups (broad SMARTS) is 1. The molecule has 2 aliphatic heterocycles. The first-order valence-electron chi connectivity index (χ1n) is 9.04. The van der Waals surface area contributed by atoms with E-state index in [2.05, 4.69) is 5.32 Å². The van der Waals surface area contributed by atoms with Crippen LogP contribution in [-0.2, 0) is 19.2 Å². The molecule has 2 aliphatic rings. The number of anilines is 2. The van der Waals surface area contributed by atoms with Gasteiger partial charge in [-0.15, -0.1) is 0 Å². The van der Waals surface area contributed by atoms with Gasteiger partial charge in [-0.1, -0.05) is 0 Å². The van der Waals surface area contributed by atoms with Gasteiger partial charge >= 0.3 is 5.97 Å². The predicted octanol–water partition coefficient (Wildman–Crippen LogP) is 1.32. The lowest BCUT2D eigenvalue weighted by Gasteiger charge is -2.32. The van der Waals surface area contributed by atoms with Gasteiger partial charge in [0.15, 0.2) is 0 Å².